The minimum absolute atomic E-state index is 0.204. The van der Waals surface area contributed by atoms with Crippen LogP contribution in [0.15, 0.2) is 0 Å². The monoisotopic (exact) mass is 145 g/mol. The first-order valence-corrected chi connectivity index (χ1v) is 3.68. The van der Waals surface area contributed by atoms with E-state index in [0.717, 1.165) is 13.1 Å². The lowest BCUT2D eigenvalue weighted by Crippen LogP contribution is -2.19. The van der Waals surface area contributed by atoms with Crippen LogP contribution < -0.4 is 0 Å². The van der Waals surface area contributed by atoms with Crippen LogP contribution in [0.5, 0.6) is 0 Å². The number of likely N-dealkylation sites (tertiary alicyclic amines) is 1. The number of aliphatic hydroxyl groups excluding tert-OH is 2. The van der Waals surface area contributed by atoms with Gasteiger partial charge in [-0.2, -0.15) is 0 Å². The Morgan fingerprint density at radius 2 is 1.60 bits per heavy atom. The Morgan fingerprint density at radius 1 is 1.20 bits per heavy atom. The average Bonchev–Trinajstić information content (AvgIpc) is 2.30. The van der Waals surface area contributed by atoms with Crippen LogP contribution in [0.2, 0.25) is 0 Å². The molecule has 0 spiro atoms. The Kier molecular flexibility index (Phi) is 2.65. The zero-order valence-corrected chi connectivity index (χ0v) is 6.32. The minimum Gasteiger partial charge on any atom is -0.396 e. The zero-order chi connectivity index (χ0) is 7.56. The maximum absolute atomic E-state index is 8.85. The highest BCUT2D eigenvalue weighted by Gasteiger charge is 2.29. The fourth-order valence-corrected chi connectivity index (χ4v) is 1.59. The van der Waals surface area contributed by atoms with E-state index in [0.29, 0.717) is 0 Å². The molecule has 2 N–H and O–H groups in total. The van der Waals surface area contributed by atoms with Crippen molar-refractivity contribution in [1.29, 1.82) is 0 Å². The molecule has 0 aromatic rings. The van der Waals surface area contributed by atoms with E-state index in [-0.39, 0.29) is 25.0 Å². The molecule has 10 heavy (non-hydrogen) atoms. The van der Waals surface area contributed by atoms with Gasteiger partial charge in [0.05, 0.1) is 0 Å². The van der Waals surface area contributed by atoms with Gasteiger partial charge in [-0.25, -0.2) is 0 Å². The molecule has 0 unspecified atom stereocenters. The summed E-state index contributed by atoms with van der Waals surface area (Å²) in [5.41, 5.74) is 0. The van der Waals surface area contributed by atoms with Gasteiger partial charge < -0.3 is 15.1 Å². The van der Waals surface area contributed by atoms with E-state index < -0.39 is 0 Å². The predicted octanol–water partition coefficient (Wildman–Crippen LogP) is -0.851. The van der Waals surface area contributed by atoms with Crippen molar-refractivity contribution in [2.45, 2.75) is 0 Å². The van der Waals surface area contributed by atoms with Crippen LogP contribution in [-0.4, -0.2) is 48.5 Å². The van der Waals surface area contributed by atoms with Crippen LogP contribution >= 0.6 is 0 Å². The lowest BCUT2D eigenvalue weighted by atomic mass is 9.98. The Balaban J connectivity index is 2.41. The third kappa shape index (κ3) is 1.48. The highest BCUT2D eigenvalue weighted by Crippen LogP contribution is 2.20. The third-order valence-corrected chi connectivity index (χ3v) is 2.23. The van der Waals surface area contributed by atoms with Gasteiger partial charge in [-0.1, -0.05) is 0 Å². The van der Waals surface area contributed by atoms with E-state index in [1.807, 2.05) is 7.05 Å². The van der Waals surface area contributed by atoms with E-state index in [1.165, 1.54) is 0 Å². The molecule has 0 saturated carbocycles. The van der Waals surface area contributed by atoms with Crippen molar-refractivity contribution in [2.75, 3.05) is 33.4 Å². The molecule has 1 aliphatic heterocycles. The van der Waals surface area contributed by atoms with Crippen LogP contribution in [0, 0.1) is 11.8 Å². The van der Waals surface area contributed by atoms with Crippen molar-refractivity contribution in [3.05, 3.63) is 0 Å². The van der Waals surface area contributed by atoms with Crippen molar-refractivity contribution in [2.24, 2.45) is 11.8 Å². The summed E-state index contributed by atoms with van der Waals surface area (Å²) >= 11 is 0. The lowest BCUT2D eigenvalue weighted by molar-refractivity contribution is 0.152. The Morgan fingerprint density at radius 3 is 1.90 bits per heavy atom. The van der Waals surface area contributed by atoms with Gasteiger partial charge >= 0.3 is 0 Å². The van der Waals surface area contributed by atoms with E-state index in [4.69, 9.17) is 10.2 Å². The molecule has 0 aromatic carbocycles. The summed E-state index contributed by atoms with van der Waals surface area (Å²) in [6.45, 7) is 2.24. The van der Waals surface area contributed by atoms with Crippen molar-refractivity contribution in [3.63, 3.8) is 0 Å². The maximum atomic E-state index is 8.85. The Labute approximate surface area is 61.3 Å². The number of hydrogen-bond donors (Lipinski definition) is 2. The fraction of sp³-hybridized carbons (Fsp3) is 1.00. The molecule has 1 saturated heterocycles. The molecule has 1 aliphatic rings. The quantitative estimate of drug-likeness (QED) is 0.532. The number of nitrogens with zero attached hydrogens (tertiary/aromatic N) is 1. The van der Waals surface area contributed by atoms with Gasteiger partial charge in [0.25, 0.3) is 0 Å². The van der Waals surface area contributed by atoms with E-state index in [1.54, 1.807) is 0 Å². The van der Waals surface area contributed by atoms with Crippen LogP contribution in [0.4, 0.5) is 0 Å². The molecule has 0 radical (unpaired) electrons. The number of hydrogen-bond acceptors (Lipinski definition) is 3. The Hall–Kier alpha value is -0.120. The second-order valence-electron chi connectivity index (χ2n) is 3.11. The third-order valence-electron chi connectivity index (χ3n) is 2.23. The Bertz CT molecular complexity index is 95.8. The van der Waals surface area contributed by atoms with Crippen molar-refractivity contribution in [1.82, 2.24) is 4.90 Å². The van der Waals surface area contributed by atoms with Gasteiger partial charge in [0.15, 0.2) is 0 Å². The molecular formula is C7H15NO2. The van der Waals surface area contributed by atoms with Crippen molar-refractivity contribution < 1.29 is 10.2 Å². The van der Waals surface area contributed by atoms with E-state index >= 15 is 0 Å². The lowest BCUT2D eigenvalue weighted by Gasteiger charge is -2.11. The van der Waals surface area contributed by atoms with Crippen molar-refractivity contribution >= 4 is 0 Å². The molecule has 0 aliphatic carbocycles. The molecule has 60 valence electrons. The van der Waals surface area contributed by atoms with Gasteiger partial charge in [-0.15, -0.1) is 0 Å². The number of aliphatic hydroxyl groups is 2. The second kappa shape index (κ2) is 3.32. The maximum Gasteiger partial charge on any atom is 0.0475 e. The van der Waals surface area contributed by atoms with Gasteiger partial charge in [-0.05, 0) is 7.05 Å². The van der Waals surface area contributed by atoms with Gasteiger partial charge in [-0.3, -0.25) is 0 Å². The minimum atomic E-state index is 0.204. The summed E-state index contributed by atoms with van der Waals surface area (Å²) < 4.78 is 0. The second-order valence-corrected chi connectivity index (χ2v) is 3.11. The summed E-state index contributed by atoms with van der Waals surface area (Å²) in [7, 11) is 2.01. The molecule has 3 heteroatoms. The fourth-order valence-electron chi connectivity index (χ4n) is 1.59. The first-order valence-electron chi connectivity index (χ1n) is 3.68. The van der Waals surface area contributed by atoms with E-state index in [2.05, 4.69) is 4.90 Å². The number of rotatable bonds is 2. The molecular weight excluding hydrogens is 130 g/mol. The average molecular weight is 145 g/mol. The van der Waals surface area contributed by atoms with Crippen molar-refractivity contribution in [3.8, 4) is 0 Å². The smallest absolute Gasteiger partial charge is 0.0475 e. The molecule has 1 fully saturated rings. The summed E-state index contributed by atoms with van der Waals surface area (Å²) in [5, 5.41) is 17.7. The van der Waals surface area contributed by atoms with Gasteiger partial charge in [0.2, 0.25) is 0 Å². The van der Waals surface area contributed by atoms with Crippen LogP contribution in [0.1, 0.15) is 0 Å². The SMILES string of the molecule is CN1C[C@H](CO)[C@@H](CO)C1. The van der Waals surface area contributed by atoms with Gasteiger partial charge in [0, 0.05) is 38.1 Å². The summed E-state index contributed by atoms with van der Waals surface area (Å²) in [6.07, 6.45) is 0. The molecule has 0 bridgehead atoms. The van der Waals surface area contributed by atoms with Crippen LogP contribution in [0.25, 0.3) is 0 Å². The summed E-state index contributed by atoms with van der Waals surface area (Å²) in [6, 6.07) is 0. The molecule has 3 nitrogen and oxygen atoms in total. The molecule has 2 atom stereocenters. The molecule has 1 rings (SSSR count). The largest absolute Gasteiger partial charge is 0.396 e. The van der Waals surface area contributed by atoms with Gasteiger partial charge in [0.1, 0.15) is 0 Å². The molecule has 0 aromatic heterocycles. The van der Waals surface area contributed by atoms with Crippen LogP contribution in [-0.2, 0) is 0 Å². The zero-order valence-electron chi connectivity index (χ0n) is 6.32. The molecule has 0 amide bonds. The normalized spacial score (nSPS) is 35.1. The molecule has 1 heterocycles. The standard InChI is InChI=1S/C7H15NO2/c1-8-2-6(4-9)7(3-8)5-10/h6-7,9-10H,2-5H2,1H3/t6-,7-/m1/s1. The predicted molar refractivity (Wildman–Crippen MR) is 38.6 cm³/mol. The summed E-state index contributed by atoms with van der Waals surface area (Å²) in [4.78, 5) is 2.14. The first-order chi connectivity index (χ1) is 4.77. The summed E-state index contributed by atoms with van der Waals surface area (Å²) in [5.74, 6) is 0.574. The van der Waals surface area contributed by atoms with Crippen LogP contribution in [0.3, 0.4) is 0 Å². The van der Waals surface area contributed by atoms with E-state index in [9.17, 15) is 0 Å². The first kappa shape index (κ1) is 7.98. The highest BCUT2D eigenvalue weighted by atomic mass is 16.3. The topological polar surface area (TPSA) is 43.7 Å². The highest BCUT2D eigenvalue weighted by molar-refractivity contribution is 4.80.